The Balaban J connectivity index is 1.82. The molecule has 0 heterocycles. The quantitative estimate of drug-likeness (QED) is 0.814. The number of nitrogens with one attached hydrogen (secondary N) is 2. The van der Waals surface area contributed by atoms with Crippen LogP contribution in [0.1, 0.15) is 30.5 Å². The zero-order chi connectivity index (χ0) is 16.7. The topological polar surface area (TPSA) is 41.1 Å². The van der Waals surface area contributed by atoms with Crippen LogP contribution < -0.4 is 10.6 Å². The van der Waals surface area contributed by atoms with Gasteiger partial charge in [0.25, 0.3) is 0 Å². The maximum atomic E-state index is 11.8. The summed E-state index contributed by atoms with van der Waals surface area (Å²) >= 11 is 0. The number of benzene rings is 2. The van der Waals surface area contributed by atoms with E-state index in [1.165, 1.54) is 11.1 Å². The normalized spacial score (nSPS) is 10.6. The second-order valence-corrected chi connectivity index (χ2v) is 6.41. The summed E-state index contributed by atoms with van der Waals surface area (Å²) < 4.78 is 0. The molecule has 3 nitrogen and oxygen atoms in total. The Morgan fingerprint density at radius 2 is 1.57 bits per heavy atom. The second-order valence-electron chi connectivity index (χ2n) is 6.41. The number of hydrogen-bond donors (Lipinski definition) is 2. The third-order valence-corrected chi connectivity index (χ3v) is 3.64. The average Bonchev–Trinajstić information content (AvgIpc) is 2.54. The van der Waals surface area contributed by atoms with Crippen LogP contribution in [0.25, 0.3) is 0 Å². The van der Waals surface area contributed by atoms with Gasteiger partial charge in [0.15, 0.2) is 0 Å². The lowest BCUT2D eigenvalue weighted by Gasteiger charge is -2.09. The highest BCUT2D eigenvalue weighted by Crippen LogP contribution is 2.12. The van der Waals surface area contributed by atoms with Crippen LogP contribution in [0.15, 0.2) is 48.5 Å². The van der Waals surface area contributed by atoms with Gasteiger partial charge in [0.05, 0.1) is 6.42 Å². The number of hydrogen-bond acceptors (Lipinski definition) is 2. The third kappa shape index (κ3) is 6.15. The van der Waals surface area contributed by atoms with Crippen LogP contribution >= 0.6 is 0 Å². The Morgan fingerprint density at radius 3 is 2.17 bits per heavy atom. The fourth-order valence-corrected chi connectivity index (χ4v) is 2.22. The predicted octanol–water partition coefficient (Wildman–Crippen LogP) is 3.92. The molecule has 2 aromatic rings. The fourth-order valence-electron chi connectivity index (χ4n) is 2.22. The van der Waals surface area contributed by atoms with Crippen molar-refractivity contribution in [3.8, 4) is 0 Å². The standard InChI is InChI=1S/C20H26N2O/c1-15(2)13-22-20(23)12-17-8-10-19(11-9-17)21-14-18-6-4-16(3)5-7-18/h4-11,15,21H,12-14H2,1-3H3,(H,22,23). The van der Waals surface area contributed by atoms with Gasteiger partial charge in [-0.2, -0.15) is 0 Å². The van der Waals surface area contributed by atoms with Crippen molar-refractivity contribution in [2.75, 3.05) is 11.9 Å². The number of anilines is 1. The summed E-state index contributed by atoms with van der Waals surface area (Å²) in [5.41, 5.74) is 4.63. The smallest absolute Gasteiger partial charge is 0.224 e. The third-order valence-electron chi connectivity index (χ3n) is 3.64. The van der Waals surface area contributed by atoms with Gasteiger partial charge < -0.3 is 10.6 Å². The average molecular weight is 310 g/mol. The molecule has 0 radical (unpaired) electrons. The van der Waals surface area contributed by atoms with Gasteiger partial charge in [0.1, 0.15) is 0 Å². The maximum absolute atomic E-state index is 11.8. The monoisotopic (exact) mass is 310 g/mol. The summed E-state index contributed by atoms with van der Waals surface area (Å²) in [6.07, 6.45) is 0.435. The van der Waals surface area contributed by atoms with Crippen molar-refractivity contribution in [1.82, 2.24) is 5.32 Å². The minimum absolute atomic E-state index is 0.0825. The van der Waals surface area contributed by atoms with Gasteiger partial charge in [-0.25, -0.2) is 0 Å². The van der Waals surface area contributed by atoms with Crippen LogP contribution in [0.2, 0.25) is 0 Å². The molecule has 0 spiro atoms. The van der Waals surface area contributed by atoms with Gasteiger partial charge in [-0.15, -0.1) is 0 Å². The zero-order valence-electron chi connectivity index (χ0n) is 14.2. The van der Waals surface area contributed by atoms with Crippen molar-refractivity contribution >= 4 is 11.6 Å². The molecule has 0 unspecified atom stereocenters. The SMILES string of the molecule is Cc1ccc(CNc2ccc(CC(=O)NCC(C)C)cc2)cc1. The van der Waals surface area contributed by atoms with Crippen LogP contribution in [0, 0.1) is 12.8 Å². The molecule has 2 rings (SSSR count). The first-order valence-electron chi connectivity index (χ1n) is 8.18. The Bertz CT molecular complexity index is 615. The van der Waals surface area contributed by atoms with Gasteiger partial charge in [-0.05, 0) is 36.1 Å². The lowest BCUT2D eigenvalue weighted by Crippen LogP contribution is -2.28. The van der Waals surface area contributed by atoms with Crippen molar-refractivity contribution in [3.05, 3.63) is 65.2 Å². The summed E-state index contributed by atoms with van der Waals surface area (Å²) in [6.45, 7) is 7.81. The molecule has 0 aromatic heterocycles. The summed E-state index contributed by atoms with van der Waals surface area (Å²) in [5.74, 6) is 0.561. The van der Waals surface area contributed by atoms with Gasteiger partial charge in [0.2, 0.25) is 5.91 Å². The molecule has 2 N–H and O–H groups in total. The molecule has 0 atom stereocenters. The number of aryl methyl sites for hydroxylation is 1. The Labute approximate surface area is 139 Å². The lowest BCUT2D eigenvalue weighted by molar-refractivity contribution is -0.120. The minimum atomic E-state index is 0.0825. The van der Waals surface area contributed by atoms with E-state index in [2.05, 4.69) is 55.7 Å². The maximum Gasteiger partial charge on any atom is 0.224 e. The Morgan fingerprint density at radius 1 is 0.957 bits per heavy atom. The summed E-state index contributed by atoms with van der Waals surface area (Å²) in [5, 5.41) is 6.34. The number of carbonyl (C=O) groups is 1. The molecule has 3 heteroatoms. The lowest BCUT2D eigenvalue weighted by atomic mass is 10.1. The van der Waals surface area contributed by atoms with Gasteiger partial charge >= 0.3 is 0 Å². The number of rotatable bonds is 7. The van der Waals surface area contributed by atoms with E-state index in [9.17, 15) is 4.79 Å². The van der Waals surface area contributed by atoms with Crippen LogP contribution in [0.5, 0.6) is 0 Å². The van der Waals surface area contributed by atoms with Crippen LogP contribution in [0.4, 0.5) is 5.69 Å². The van der Waals surface area contributed by atoms with Crippen molar-refractivity contribution in [2.24, 2.45) is 5.92 Å². The van der Waals surface area contributed by atoms with E-state index in [0.717, 1.165) is 24.3 Å². The molecule has 23 heavy (non-hydrogen) atoms. The molecule has 0 fully saturated rings. The van der Waals surface area contributed by atoms with E-state index < -0.39 is 0 Å². The molecule has 2 aromatic carbocycles. The van der Waals surface area contributed by atoms with Crippen LogP contribution in [-0.4, -0.2) is 12.5 Å². The summed E-state index contributed by atoms with van der Waals surface area (Å²) in [7, 11) is 0. The first-order chi connectivity index (χ1) is 11.0. The van der Waals surface area contributed by atoms with Gasteiger partial charge in [0, 0.05) is 18.8 Å². The summed E-state index contributed by atoms with van der Waals surface area (Å²) in [6, 6.07) is 16.6. The van der Waals surface area contributed by atoms with Crippen LogP contribution in [-0.2, 0) is 17.8 Å². The van der Waals surface area contributed by atoms with Gasteiger partial charge in [-0.3, -0.25) is 4.79 Å². The van der Waals surface area contributed by atoms with E-state index in [1.54, 1.807) is 0 Å². The van der Waals surface area contributed by atoms with E-state index in [0.29, 0.717) is 12.3 Å². The largest absolute Gasteiger partial charge is 0.381 e. The Hall–Kier alpha value is -2.29. The first kappa shape index (κ1) is 17.1. The molecule has 0 aliphatic heterocycles. The molecule has 0 bridgehead atoms. The molecule has 0 aliphatic rings. The molecular weight excluding hydrogens is 284 g/mol. The van der Waals surface area contributed by atoms with Crippen molar-refractivity contribution in [1.29, 1.82) is 0 Å². The minimum Gasteiger partial charge on any atom is -0.381 e. The van der Waals surface area contributed by atoms with Gasteiger partial charge in [-0.1, -0.05) is 55.8 Å². The molecule has 122 valence electrons. The van der Waals surface area contributed by atoms with Crippen molar-refractivity contribution in [2.45, 2.75) is 33.7 Å². The molecular formula is C20H26N2O. The highest BCUT2D eigenvalue weighted by atomic mass is 16.1. The molecule has 0 saturated heterocycles. The van der Waals surface area contributed by atoms with Crippen LogP contribution in [0.3, 0.4) is 0 Å². The van der Waals surface area contributed by atoms with Crippen molar-refractivity contribution < 1.29 is 4.79 Å². The van der Waals surface area contributed by atoms with E-state index in [4.69, 9.17) is 0 Å². The summed E-state index contributed by atoms with van der Waals surface area (Å²) in [4.78, 5) is 11.8. The van der Waals surface area contributed by atoms with E-state index >= 15 is 0 Å². The highest BCUT2D eigenvalue weighted by Gasteiger charge is 2.04. The van der Waals surface area contributed by atoms with E-state index in [-0.39, 0.29) is 5.91 Å². The Kier molecular flexibility index (Phi) is 6.21. The number of carbonyl (C=O) groups excluding carboxylic acids is 1. The van der Waals surface area contributed by atoms with Crippen molar-refractivity contribution in [3.63, 3.8) is 0 Å². The predicted molar refractivity (Wildman–Crippen MR) is 96.5 cm³/mol. The highest BCUT2D eigenvalue weighted by molar-refractivity contribution is 5.78. The molecule has 0 aliphatic carbocycles. The molecule has 0 saturated carbocycles. The first-order valence-corrected chi connectivity index (χ1v) is 8.18. The zero-order valence-corrected chi connectivity index (χ0v) is 14.2. The van der Waals surface area contributed by atoms with E-state index in [1.807, 2.05) is 24.3 Å². The second kappa shape index (κ2) is 8.37. The number of amides is 1. The molecule has 1 amide bonds. The fraction of sp³-hybridized carbons (Fsp3) is 0.350.